The Balaban J connectivity index is 1.92. The van der Waals surface area contributed by atoms with E-state index in [1.807, 2.05) is 13.8 Å². The Morgan fingerprint density at radius 1 is 1.17 bits per heavy atom. The van der Waals surface area contributed by atoms with Gasteiger partial charge in [-0.3, -0.25) is 9.36 Å². The van der Waals surface area contributed by atoms with Crippen LogP contribution < -0.4 is 9.60 Å². The first-order valence-corrected chi connectivity index (χ1v) is 10.9. The molecule has 0 spiro atoms. The van der Waals surface area contributed by atoms with E-state index in [0.717, 1.165) is 47.2 Å². The number of nitrogens with one attached hydrogen (secondary N) is 1. The maximum absolute atomic E-state index is 12.7. The fourth-order valence-corrected chi connectivity index (χ4v) is 5.82. The third-order valence-corrected chi connectivity index (χ3v) is 7.02. The summed E-state index contributed by atoms with van der Waals surface area (Å²) < 4.78 is 30.7. The molecule has 1 aliphatic carbocycles. The number of thiazole rings is 1. The van der Waals surface area contributed by atoms with E-state index in [0.29, 0.717) is 0 Å². The quantitative estimate of drug-likeness (QED) is 0.838. The molecular weight excluding hydrogens is 344 g/mol. The van der Waals surface area contributed by atoms with Crippen molar-refractivity contribution in [1.29, 1.82) is 0 Å². The molecule has 0 radical (unpaired) electrons. The minimum Gasteiger partial charge on any atom is -0.296 e. The van der Waals surface area contributed by atoms with Gasteiger partial charge in [0.2, 0.25) is 10.0 Å². The van der Waals surface area contributed by atoms with Gasteiger partial charge in [-0.15, -0.1) is 0 Å². The molecule has 0 bridgehead atoms. The van der Waals surface area contributed by atoms with Gasteiger partial charge >= 0.3 is 4.87 Å². The van der Waals surface area contributed by atoms with Gasteiger partial charge in [0.1, 0.15) is 0 Å². The van der Waals surface area contributed by atoms with Crippen molar-refractivity contribution in [2.45, 2.75) is 69.4 Å². The molecule has 0 aliphatic heterocycles. The van der Waals surface area contributed by atoms with Gasteiger partial charge in [-0.1, -0.05) is 37.0 Å². The van der Waals surface area contributed by atoms with Crippen molar-refractivity contribution >= 4 is 31.6 Å². The summed E-state index contributed by atoms with van der Waals surface area (Å²) in [6.45, 7) is 3.90. The van der Waals surface area contributed by atoms with E-state index >= 15 is 0 Å². The Kier molecular flexibility index (Phi) is 5.13. The SMILES string of the molecule is CC(C)n1c(=O)sc2cc(S(=O)(=O)NC3CCCCCC3)ccc21. The number of sulfonamides is 1. The zero-order valence-electron chi connectivity index (χ0n) is 14.1. The van der Waals surface area contributed by atoms with Crippen molar-refractivity contribution in [3.63, 3.8) is 0 Å². The third-order valence-electron chi connectivity index (χ3n) is 4.59. The van der Waals surface area contributed by atoms with Gasteiger partial charge in [0.25, 0.3) is 0 Å². The zero-order valence-corrected chi connectivity index (χ0v) is 15.8. The molecule has 1 heterocycles. The van der Waals surface area contributed by atoms with Crippen molar-refractivity contribution in [2.75, 3.05) is 0 Å². The summed E-state index contributed by atoms with van der Waals surface area (Å²) in [5, 5.41) is 0. The van der Waals surface area contributed by atoms with E-state index in [9.17, 15) is 13.2 Å². The summed E-state index contributed by atoms with van der Waals surface area (Å²) in [4.78, 5) is 12.3. The number of hydrogen-bond donors (Lipinski definition) is 1. The number of hydrogen-bond acceptors (Lipinski definition) is 4. The van der Waals surface area contributed by atoms with Crippen LogP contribution in [0.5, 0.6) is 0 Å². The molecule has 1 aliphatic rings. The molecule has 132 valence electrons. The van der Waals surface area contributed by atoms with Crippen molar-refractivity contribution in [3.05, 3.63) is 27.9 Å². The number of fused-ring (bicyclic) bond motifs is 1. The molecule has 1 aromatic heterocycles. The summed E-state index contributed by atoms with van der Waals surface area (Å²) in [5.74, 6) is 0. The zero-order chi connectivity index (χ0) is 17.3. The molecule has 0 atom stereocenters. The highest BCUT2D eigenvalue weighted by Crippen LogP contribution is 2.25. The van der Waals surface area contributed by atoms with Crippen LogP contribution in [-0.2, 0) is 10.0 Å². The Labute approximate surface area is 146 Å². The van der Waals surface area contributed by atoms with Crippen LogP contribution in [0.3, 0.4) is 0 Å². The molecule has 1 N–H and O–H groups in total. The maximum Gasteiger partial charge on any atom is 0.308 e. The highest BCUT2D eigenvalue weighted by molar-refractivity contribution is 7.89. The monoisotopic (exact) mass is 368 g/mol. The number of aromatic nitrogens is 1. The Bertz CT molecular complexity index is 873. The van der Waals surface area contributed by atoms with E-state index in [1.165, 1.54) is 12.8 Å². The Morgan fingerprint density at radius 3 is 2.46 bits per heavy atom. The summed E-state index contributed by atoms with van der Waals surface area (Å²) >= 11 is 1.10. The second-order valence-corrected chi connectivity index (χ2v) is 9.48. The van der Waals surface area contributed by atoms with Gasteiger partial charge in [0, 0.05) is 12.1 Å². The highest BCUT2D eigenvalue weighted by atomic mass is 32.2. The third kappa shape index (κ3) is 3.58. The first kappa shape index (κ1) is 17.6. The molecule has 1 aromatic carbocycles. The lowest BCUT2D eigenvalue weighted by Crippen LogP contribution is -2.34. The lowest BCUT2D eigenvalue weighted by Gasteiger charge is -2.16. The van der Waals surface area contributed by atoms with Crippen LogP contribution >= 0.6 is 11.3 Å². The van der Waals surface area contributed by atoms with Crippen molar-refractivity contribution in [3.8, 4) is 0 Å². The smallest absolute Gasteiger partial charge is 0.296 e. The minimum absolute atomic E-state index is 0.0206. The van der Waals surface area contributed by atoms with Gasteiger partial charge in [-0.05, 0) is 44.9 Å². The molecule has 1 fully saturated rings. The number of benzene rings is 1. The molecule has 2 aromatic rings. The van der Waals surface area contributed by atoms with Crippen LogP contribution in [0.2, 0.25) is 0 Å². The summed E-state index contributed by atoms with van der Waals surface area (Å²) in [6, 6.07) is 5.05. The Morgan fingerprint density at radius 2 is 1.83 bits per heavy atom. The van der Waals surface area contributed by atoms with E-state index in [1.54, 1.807) is 22.8 Å². The minimum atomic E-state index is -3.55. The molecule has 24 heavy (non-hydrogen) atoms. The molecule has 1 saturated carbocycles. The van der Waals surface area contributed by atoms with Gasteiger partial charge < -0.3 is 0 Å². The van der Waals surface area contributed by atoms with Crippen LogP contribution in [0.1, 0.15) is 58.4 Å². The first-order valence-electron chi connectivity index (χ1n) is 8.56. The van der Waals surface area contributed by atoms with E-state index in [2.05, 4.69) is 4.72 Å². The summed E-state index contributed by atoms with van der Waals surface area (Å²) in [6.07, 6.45) is 6.31. The van der Waals surface area contributed by atoms with Gasteiger partial charge in [-0.25, -0.2) is 13.1 Å². The normalized spacial score (nSPS) is 17.5. The fraction of sp³-hybridized carbons (Fsp3) is 0.588. The first-order chi connectivity index (χ1) is 11.4. The molecule has 0 amide bonds. The predicted octanol–water partition coefficient (Wildman–Crippen LogP) is 3.65. The van der Waals surface area contributed by atoms with Crippen molar-refractivity contribution < 1.29 is 8.42 Å². The maximum atomic E-state index is 12.7. The molecule has 7 heteroatoms. The van der Waals surface area contributed by atoms with E-state index in [-0.39, 0.29) is 21.9 Å². The molecule has 0 saturated heterocycles. The lowest BCUT2D eigenvalue weighted by atomic mass is 10.1. The van der Waals surface area contributed by atoms with Crippen molar-refractivity contribution in [1.82, 2.24) is 9.29 Å². The molecule has 3 rings (SSSR count). The predicted molar refractivity (Wildman–Crippen MR) is 98.3 cm³/mol. The lowest BCUT2D eigenvalue weighted by molar-refractivity contribution is 0.510. The largest absolute Gasteiger partial charge is 0.308 e. The van der Waals surface area contributed by atoms with Gasteiger partial charge in [0.15, 0.2) is 0 Å². The van der Waals surface area contributed by atoms with Crippen LogP contribution in [0.15, 0.2) is 27.9 Å². The molecule has 0 unspecified atom stereocenters. The van der Waals surface area contributed by atoms with Gasteiger partial charge in [-0.2, -0.15) is 0 Å². The number of rotatable bonds is 4. The second kappa shape index (κ2) is 6.98. The number of nitrogens with zero attached hydrogens (tertiary/aromatic N) is 1. The average molecular weight is 369 g/mol. The van der Waals surface area contributed by atoms with Crippen LogP contribution in [0, 0.1) is 0 Å². The Hall–Kier alpha value is -1.18. The average Bonchev–Trinajstić information content (AvgIpc) is 2.66. The van der Waals surface area contributed by atoms with Gasteiger partial charge in [0.05, 0.1) is 15.1 Å². The summed E-state index contributed by atoms with van der Waals surface area (Å²) in [7, 11) is -3.55. The standard InChI is InChI=1S/C17H24N2O3S2/c1-12(2)19-15-10-9-14(11-16(15)23-17(19)20)24(21,22)18-13-7-5-3-4-6-8-13/h9-13,18H,3-8H2,1-2H3. The summed E-state index contributed by atoms with van der Waals surface area (Å²) in [5.41, 5.74) is 0.799. The second-order valence-electron chi connectivity index (χ2n) is 6.77. The van der Waals surface area contributed by atoms with Crippen LogP contribution in [0.4, 0.5) is 0 Å². The highest BCUT2D eigenvalue weighted by Gasteiger charge is 2.22. The molecular formula is C17H24N2O3S2. The van der Waals surface area contributed by atoms with E-state index in [4.69, 9.17) is 0 Å². The topological polar surface area (TPSA) is 68.2 Å². The van der Waals surface area contributed by atoms with Crippen LogP contribution in [0.25, 0.3) is 10.2 Å². The van der Waals surface area contributed by atoms with Crippen LogP contribution in [-0.4, -0.2) is 19.0 Å². The van der Waals surface area contributed by atoms with E-state index < -0.39 is 10.0 Å². The van der Waals surface area contributed by atoms with Crippen molar-refractivity contribution in [2.24, 2.45) is 0 Å². The fourth-order valence-electron chi connectivity index (χ4n) is 3.36. The molecule has 5 nitrogen and oxygen atoms in total.